The van der Waals surface area contributed by atoms with Gasteiger partial charge in [0.25, 0.3) is 11.7 Å². The summed E-state index contributed by atoms with van der Waals surface area (Å²) in [5.74, 6) is -1.33. The van der Waals surface area contributed by atoms with Crippen LogP contribution in [0.25, 0.3) is 11.4 Å². The number of hydrogen-bond acceptors (Lipinski definition) is 7. The molecule has 0 radical (unpaired) electrons. The van der Waals surface area contributed by atoms with Crippen LogP contribution in [0, 0.1) is 5.82 Å². The lowest BCUT2D eigenvalue weighted by Crippen LogP contribution is -2.38. The van der Waals surface area contributed by atoms with Gasteiger partial charge in [-0.1, -0.05) is 25.4 Å². The van der Waals surface area contributed by atoms with Gasteiger partial charge < -0.3 is 15.0 Å². The Morgan fingerprint density at radius 2 is 1.88 bits per heavy atom. The maximum absolute atomic E-state index is 14.4. The molecule has 0 aliphatic heterocycles. The number of carbonyl (C=O) groups is 2. The normalized spacial score (nSPS) is 10.6. The van der Waals surface area contributed by atoms with Gasteiger partial charge in [-0.15, -0.1) is 0 Å². The molecule has 34 heavy (non-hydrogen) atoms. The van der Waals surface area contributed by atoms with Crippen LogP contribution in [0.1, 0.15) is 37.0 Å². The largest absolute Gasteiger partial charge is 0.491 e. The summed E-state index contributed by atoms with van der Waals surface area (Å²) in [7, 11) is 1.43. The number of nitrogens with zero attached hydrogens (tertiary/aromatic N) is 4. The van der Waals surface area contributed by atoms with E-state index in [-0.39, 0.29) is 28.5 Å². The number of pyridine rings is 1. The monoisotopic (exact) mass is 485 g/mol. The Labute approximate surface area is 202 Å². The molecule has 2 heterocycles. The average molecular weight is 486 g/mol. The van der Waals surface area contributed by atoms with Crippen molar-refractivity contribution >= 4 is 34.8 Å². The summed E-state index contributed by atoms with van der Waals surface area (Å²) < 4.78 is 19.7. The predicted molar refractivity (Wildman–Crippen MR) is 128 cm³/mol. The lowest BCUT2D eigenvalue weighted by Gasteiger charge is -2.21. The summed E-state index contributed by atoms with van der Waals surface area (Å²) >= 11 is 6.01. The number of methoxy groups -OCH3 is 1. The van der Waals surface area contributed by atoms with Gasteiger partial charge in [-0.2, -0.15) is 0 Å². The first-order valence-corrected chi connectivity index (χ1v) is 11.2. The molecule has 0 atom stereocenters. The van der Waals surface area contributed by atoms with Crippen LogP contribution < -0.4 is 10.1 Å². The van der Waals surface area contributed by atoms with E-state index in [0.717, 1.165) is 12.8 Å². The topological polar surface area (TPSA) is 97.3 Å². The maximum atomic E-state index is 14.4. The van der Waals surface area contributed by atoms with Gasteiger partial charge in [0.1, 0.15) is 5.82 Å². The number of amides is 1. The van der Waals surface area contributed by atoms with Gasteiger partial charge in [-0.05, 0) is 37.1 Å². The fourth-order valence-electron chi connectivity index (χ4n) is 3.33. The molecule has 0 saturated heterocycles. The zero-order valence-electron chi connectivity index (χ0n) is 19.1. The first-order valence-electron chi connectivity index (χ1n) is 10.8. The van der Waals surface area contributed by atoms with E-state index in [1.807, 2.05) is 13.8 Å². The lowest BCUT2D eigenvalue weighted by atomic mass is 10.1. The number of nitrogens with one attached hydrogen (secondary N) is 1. The van der Waals surface area contributed by atoms with Gasteiger partial charge in [0.05, 0.1) is 30.1 Å². The first-order chi connectivity index (χ1) is 16.4. The number of rotatable bonds is 10. The third-order valence-electron chi connectivity index (χ3n) is 4.93. The molecule has 3 aromatic rings. The number of carbonyl (C=O) groups excluding carboxylic acids is 2. The molecule has 1 aromatic carbocycles. The number of benzene rings is 1. The van der Waals surface area contributed by atoms with Gasteiger partial charge >= 0.3 is 0 Å². The zero-order valence-corrected chi connectivity index (χ0v) is 19.9. The van der Waals surface area contributed by atoms with Gasteiger partial charge in [-0.3, -0.25) is 14.6 Å². The third kappa shape index (κ3) is 5.66. The summed E-state index contributed by atoms with van der Waals surface area (Å²) in [5.41, 5.74) is 0.492. The highest BCUT2D eigenvalue weighted by Crippen LogP contribution is 2.31. The molecule has 10 heteroatoms. The van der Waals surface area contributed by atoms with Crippen LogP contribution in [-0.4, -0.2) is 51.7 Å². The highest BCUT2D eigenvalue weighted by Gasteiger charge is 2.25. The van der Waals surface area contributed by atoms with E-state index in [1.165, 1.54) is 48.8 Å². The summed E-state index contributed by atoms with van der Waals surface area (Å²) in [5, 5.41) is 3.34. The summed E-state index contributed by atoms with van der Waals surface area (Å²) in [4.78, 5) is 40.0. The van der Waals surface area contributed by atoms with Crippen LogP contribution in [0.15, 0.2) is 42.9 Å². The van der Waals surface area contributed by atoms with Crippen LogP contribution in [0.2, 0.25) is 5.02 Å². The number of Topliss-reactive ketones (excluding diaryl/α,β-unsaturated/α-hetero) is 1. The highest BCUT2D eigenvalue weighted by molar-refractivity contribution is 6.43. The Kier molecular flexibility index (Phi) is 8.48. The molecule has 178 valence electrons. The Morgan fingerprint density at radius 3 is 2.56 bits per heavy atom. The first kappa shape index (κ1) is 25.0. The Hall–Kier alpha value is -3.59. The molecule has 3 rings (SSSR count). The van der Waals surface area contributed by atoms with Crippen molar-refractivity contribution in [2.24, 2.45) is 0 Å². The van der Waals surface area contributed by atoms with E-state index in [2.05, 4.69) is 20.3 Å². The van der Waals surface area contributed by atoms with E-state index >= 15 is 0 Å². The van der Waals surface area contributed by atoms with E-state index in [1.54, 1.807) is 6.07 Å². The van der Waals surface area contributed by atoms with E-state index < -0.39 is 17.5 Å². The molecule has 0 aliphatic carbocycles. The molecular formula is C24H25ClFN5O3. The van der Waals surface area contributed by atoms with Crippen molar-refractivity contribution in [3.8, 4) is 17.1 Å². The molecule has 8 nitrogen and oxygen atoms in total. The minimum Gasteiger partial charge on any atom is -0.491 e. The second-order valence-electron chi connectivity index (χ2n) is 7.40. The molecule has 0 aliphatic rings. The molecule has 0 fully saturated rings. The summed E-state index contributed by atoms with van der Waals surface area (Å²) in [6.07, 6.45) is 5.65. The molecule has 2 aromatic heterocycles. The van der Waals surface area contributed by atoms with Gasteiger partial charge in [-0.25, -0.2) is 14.4 Å². The minimum atomic E-state index is -0.688. The quantitative estimate of drug-likeness (QED) is 0.321. The average Bonchev–Trinajstić information content (AvgIpc) is 2.85. The van der Waals surface area contributed by atoms with Crippen molar-refractivity contribution in [1.82, 2.24) is 19.9 Å². The smallest absolute Gasteiger partial charge is 0.295 e. The van der Waals surface area contributed by atoms with E-state index in [4.69, 9.17) is 16.3 Å². The number of ether oxygens (including phenoxy) is 1. The highest BCUT2D eigenvalue weighted by atomic mass is 35.5. The number of anilines is 2. The van der Waals surface area contributed by atoms with Gasteiger partial charge in [0.15, 0.2) is 17.4 Å². The standard InChI is InChI=1S/C24H25ClFN5O3/c1-4-10-31(11-5-2)24(33)21(32)17-13-27-9-8-19(17)29-23-20(34-3)14-28-22(30-23)16-12-15(25)6-7-18(16)26/h6-9,12-14H,4-5,10-11H2,1-3H3,(H,27,28,29,30). The van der Waals surface area contributed by atoms with Gasteiger partial charge in [0, 0.05) is 30.5 Å². The summed E-state index contributed by atoms with van der Waals surface area (Å²) in [6.45, 7) is 4.85. The van der Waals surface area contributed by atoms with Crippen molar-refractivity contribution in [3.63, 3.8) is 0 Å². The minimum absolute atomic E-state index is 0.0679. The molecule has 1 amide bonds. The van der Waals surface area contributed by atoms with Crippen molar-refractivity contribution in [2.45, 2.75) is 26.7 Å². The molecule has 0 saturated carbocycles. The lowest BCUT2D eigenvalue weighted by molar-refractivity contribution is -0.126. The number of aromatic nitrogens is 3. The SMILES string of the molecule is CCCN(CCC)C(=O)C(=O)c1cnccc1Nc1nc(-c2cc(Cl)ccc2F)ncc1OC. The van der Waals surface area contributed by atoms with Crippen LogP contribution in [0.3, 0.4) is 0 Å². The van der Waals surface area contributed by atoms with Gasteiger partial charge in [0.2, 0.25) is 0 Å². The van der Waals surface area contributed by atoms with Crippen LogP contribution >= 0.6 is 11.6 Å². The fraction of sp³-hybridized carbons (Fsp3) is 0.292. The Bertz CT molecular complexity index is 1190. The number of halogens is 2. The third-order valence-corrected chi connectivity index (χ3v) is 5.17. The van der Waals surface area contributed by atoms with Crippen molar-refractivity contribution in [2.75, 3.05) is 25.5 Å². The van der Waals surface area contributed by atoms with Crippen molar-refractivity contribution in [3.05, 3.63) is 59.3 Å². The van der Waals surface area contributed by atoms with Crippen LogP contribution in [0.4, 0.5) is 15.9 Å². The Morgan fingerprint density at radius 1 is 1.15 bits per heavy atom. The Balaban J connectivity index is 1.98. The second-order valence-corrected chi connectivity index (χ2v) is 7.84. The number of hydrogen-bond donors (Lipinski definition) is 1. The number of ketones is 1. The van der Waals surface area contributed by atoms with E-state index in [0.29, 0.717) is 23.8 Å². The van der Waals surface area contributed by atoms with Crippen LogP contribution in [-0.2, 0) is 4.79 Å². The van der Waals surface area contributed by atoms with E-state index in [9.17, 15) is 14.0 Å². The molecule has 0 bridgehead atoms. The maximum Gasteiger partial charge on any atom is 0.295 e. The predicted octanol–water partition coefficient (Wildman–Crippen LogP) is 4.91. The molecule has 0 spiro atoms. The molecule has 0 unspecified atom stereocenters. The van der Waals surface area contributed by atoms with Crippen molar-refractivity contribution < 1.29 is 18.7 Å². The molecular weight excluding hydrogens is 461 g/mol. The van der Waals surface area contributed by atoms with Crippen molar-refractivity contribution in [1.29, 1.82) is 0 Å². The zero-order chi connectivity index (χ0) is 24.7. The second kappa shape index (κ2) is 11.5. The summed E-state index contributed by atoms with van der Waals surface area (Å²) in [6, 6.07) is 5.61. The fourth-order valence-corrected chi connectivity index (χ4v) is 3.51. The molecule has 1 N–H and O–H groups in total. The van der Waals surface area contributed by atoms with Crippen LogP contribution in [0.5, 0.6) is 5.75 Å².